The smallest absolute Gasteiger partial charge is 0.332 e. The first-order chi connectivity index (χ1) is 8.95. The molecule has 2 atom stereocenters. The topological polar surface area (TPSA) is 49.8 Å². The van der Waals surface area contributed by atoms with Crippen LogP contribution in [-0.4, -0.2) is 36.9 Å². The van der Waals surface area contributed by atoms with Crippen LogP contribution in [0, 0.1) is 13.8 Å². The molecule has 104 valence electrons. The Morgan fingerprint density at radius 2 is 1.95 bits per heavy atom. The first-order valence-corrected chi connectivity index (χ1v) is 6.63. The zero-order valence-electron chi connectivity index (χ0n) is 11.7. The molecule has 1 aliphatic heterocycles. The van der Waals surface area contributed by atoms with E-state index in [1.54, 1.807) is 0 Å². The second kappa shape index (κ2) is 5.61. The molecule has 0 spiro atoms. The van der Waals surface area contributed by atoms with E-state index in [2.05, 4.69) is 36.9 Å². The monoisotopic (exact) mass is 263 g/mol. The largest absolute Gasteiger partial charge is 0.479 e. The van der Waals surface area contributed by atoms with Crippen LogP contribution in [0.5, 0.6) is 0 Å². The number of carbonyl (C=O) groups is 1. The van der Waals surface area contributed by atoms with E-state index < -0.39 is 12.1 Å². The van der Waals surface area contributed by atoms with E-state index >= 15 is 0 Å². The van der Waals surface area contributed by atoms with Gasteiger partial charge in [0.15, 0.2) is 6.10 Å². The molecule has 4 nitrogen and oxygen atoms in total. The van der Waals surface area contributed by atoms with Crippen molar-refractivity contribution in [2.45, 2.75) is 38.9 Å². The van der Waals surface area contributed by atoms with Crippen molar-refractivity contribution in [1.82, 2.24) is 0 Å². The van der Waals surface area contributed by atoms with E-state index in [9.17, 15) is 4.79 Å². The fourth-order valence-corrected chi connectivity index (χ4v) is 2.60. The van der Waals surface area contributed by atoms with Crippen LogP contribution in [0.3, 0.4) is 0 Å². The summed E-state index contributed by atoms with van der Waals surface area (Å²) in [6, 6.07) is 6.41. The molecule has 1 saturated heterocycles. The van der Waals surface area contributed by atoms with Crippen LogP contribution < -0.4 is 4.90 Å². The number of aliphatic carboxylic acids is 1. The highest BCUT2D eigenvalue weighted by Crippen LogP contribution is 2.23. The molecule has 1 heterocycles. The Labute approximate surface area is 114 Å². The Balaban J connectivity index is 1.98. The number of likely N-dealkylation sites (N-methyl/N-ethyl adjacent to an activating group) is 1. The Morgan fingerprint density at radius 3 is 2.47 bits per heavy atom. The number of carboxylic acid groups (broad SMARTS) is 1. The molecule has 0 aliphatic carbocycles. The first-order valence-electron chi connectivity index (χ1n) is 6.63. The Morgan fingerprint density at radius 1 is 1.32 bits per heavy atom. The van der Waals surface area contributed by atoms with Gasteiger partial charge in [-0.05, 0) is 49.9 Å². The summed E-state index contributed by atoms with van der Waals surface area (Å²) in [4.78, 5) is 13.0. The zero-order chi connectivity index (χ0) is 14.0. The summed E-state index contributed by atoms with van der Waals surface area (Å²) in [5, 5.41) is 8.92. The van der Waals surface area contributed by atoms with Crippen molar-refractivity contribution in [3.63, 3.8) is 0 Å². The third-order valence-electron chi connectivity index (χ3n) is 3.51. The number of hydrogen-bond acceptors (Lipinski definition) is 3. The lowest BCUT2D eigenvalue weighted by atomic mass is 10.1. The lowest BCUT2D eigenvalue weighted by Gasteiger charge is -2.24. The van der Waals surface area contributed by atoms with Crippen molar-refractivity contribution in [3.05, 3.63) is 29.3 Å². The van der Waals surface area contributed by atoms with E-state index in [0.717, 1.165) is 18.7 Å². The molecular weight excluding hydrogens is 242 g/mol. The van der Waals surface area contributed by atoms with Gasteiger partial charge in [0.25, 0.3) is 0 Å². The summed E-state index contributed by atoms with van der Waals surface area (Å²) in [5.41, 5.74) is 3.62. The van der Waals surface area contributed by atoms with Crippen LogP contribution in [0.2, 0.25) is 0 Å². The standard InChI is InChI=1S/C15H21NO3/c1-10-6-11(2)8-12(7-10)16(3)9-13-4-5-14(19-13)15(17)18/h6-8,13-14H,4-5,9H2,1-3H3,(H,17,18). The molecule has 19 heavy (non-hydrogen) atoms. The maximum Gasteiger partial charge on any atom is 0.332 e. The highest BCUT2D eigenvalue weighted by atomic mass is 16.5. The van der Waals surface area contributed by atoms with Crippen molar-refractivity contribution in [3.8, 4) is 0 Å². The second-order valence-electron chi connectivity index (χ2n) is 5.39. The van der Waals surface area contributed by atoms with Crippen LogP contribution in [0.4, 0.5) is 5.69 Å². The van der Waals surface area contributed by atoms with Crippen LogP contribution in [0.1, 0.15) is 24.0 Å². The molecule has 1 fully saturated rings. The van der Waals surface area contributed by atoms with Crippen molar-refractivity contribution in [1.29, 1.82) is 0 Å². The van der Waals surface area contributed by atoms with E-state index in [0.29, 0.717) is 6.42 Å². The minimum Gasteiger partial charge on any atom is -0.479 e. The summed E-state index contributed by atoms with van der Waals surface area (Å²) in [7, 11) is 2.02. The number of rotatable bonds is 4. The Hall–Kier alpha value is -1.55. The molecule has 2 unspecified atom stereocenters. The second-order valence-corrected chi connectivity index (χ2v) is 5.39. The Kier molecular flexibility index (Phi) is 4.10. The maximum absolute atomic E-state index is 10.9. The molecular formula is C15H21NO3. The number of hydrogen-bond donors (Lipinski definition) is 1. The van der Waals surface area contributed by atoms with Gasteiger partial charge in [-0.1, -0.05) is 6.07 Å². The molecule has 1 aliphatic rings. The third kappa shape index (κ3) is 3.47. The Bertz CT molecular complexity index is 452. The van der Waals surface area contributed by atoms with Gasteiger partial charge in [0.2, 0.25) is 0 Å². The number of carboxylic acids is 1. The summed E-state index contributed by atoms with van der Waals surface area (Å²) in [6.45, 7) is 4.89. The summed E-state index contributed by atoms with van der Waals surface area (Å²) in [6.07, 6.45) is 0.803. The number of benzene rings is 1. The molecule has 0 radical (unpaired) electrons. The van der Waals surface area contributed by atoms with Gasteiger partial charge in [-0.25, -0.2) is 4.79 Å². The molecule has 2 rings (SSSR count). The minimum atomic E-state index is -0.850. The minimum absolute atomic E-state index is 0.00641. The van der Waals surface area contributed by atoms with Crippen LogP contribution >= 0.6 is 0 Å². The van der Waals surface area contributed by atoms with Gasteiger partial charge >= 0.3 is 5.97 Å². The van der Waals surface area contributed by atoms with Gasteiger partial charge in [-0.3, -0.25) is 0 Å². The average molecular weight is 263 g/mol. The first kappa shape index (κ1) is 13.9. The molecule has 0 aromatic heterocycles. The van der Waals surface area contributed by atoms with Gasteiger partial charge in [0, 0.05) is 19.3 Å². The molecule has 0 bridgehead atoms. The van der Waals surface area contributed by atoms with Crippen molar-refractivity contribution < 1.29 is 14.6 Å². The zero-order valence-corrected chi connectivity index (χ0v) is 11.7. The number of aryl methyl sites for hydroxylation is 2. The van der Waals surface area contributed by atoms with E-state index in [4.69, 9.17) is 9.84 Å². The molecule has 1 N–H and O–H groups in total. The van der Waals surface area contributed by atoms with Crippen molar-refractivity contribution in [2.75, 3.05) is 18.5 Å². The van der Waals surface area contributed by atoms with Gasteiger partial charge in [0.05, 0.1) is 6.10 Å². The van der Waals surface area contributed by atoms with Crippen LogP contribution in [0.25, 0.3) is 0 Å². The molecule has 4 heteroatoms. The van der Waals surface area contributed by atoms with Gasteiger partial charge in [-0.2, -0.15) is 0 Å². The predicted octanol–water partition coefficient (Wildman–Crippen LogP) is 2.37. The molecule has 0 amide bonds. The van der Waals surface area contributed by atoms with Gasteiger partial charge < -0.3 is 14.7 Å². The third-order valence-corrected chi connectivity index (χ3v) is 3.51. The lowest BCUT2D eigenvalue weighted by molar-refractivity contribution is -0.149. The van der Waals surface area contributed by atoms with Crippen molar-refractivity contribution >= 4 is 11.7 Å². The van der Waals surface area contributed by atoms with E-state index in [-0.39, 0.29) is 6.10 Å². The summed E-state index contributed by atoms with van der Waals surface area (Å²) < 4.78 is 5.53. The summed E-state index contributed by atoms with van der Waals surface area (Å²) >= 11 is 0. The highest BCUT2D eigenvalue weighted by Gasteiger charge is 2.31. The van der Waals surface area contributed by atoms with E-state index in [1.807, 2.05) is 7.05 Å². The number of ether oxygens (including phenoxy) is 1. The van der Waals surface area contributed by atoms with Gasteiger partial charge in [0.1, 0.15) is 0 Å². The SMILES string of the molecule is Cc1cc(C)cc(N(C)CC2CCC(C(=O)O)O2)c1. The average Bonchev–Trinajstić information content (AvgIpc) is 2.76. The molecule has 1 aromatic carbocycles. The number of nitrogens with zero attached hydrogens (tertiary/aromatic N) is 1. The van der Waals surface area contributed by atoms with Crippen LogP contribution in [0.15, 0.2) is 18.2 Å². The van der Waals surface area contributed by atoms with Crippen LogP contribution in [-0.2, 0) is 9.53 Å². The predicted molar refractivity (Wildman–Crippen MR) is 74.7 cm³/mol. The van der Waals surface area contributed by atoms with Gasteiger partial charge in [-0.15, -0.1) is 0 Å². The lowest BCUT2D eigenvalue weighted by Crippen LogP contribution is -2.30. The highest BCUT2D eigenvalue weighted by molar-refractivity contribution is 5.72. The molecule has 0 saturated carbocycles. The summed E-state index contributed by atoms with van der Waals surface area (Å²) in [5.74, 6) is -0.850. The maximum atomic E-state index is 10.9. The fourth-order valence-electron chi connectivity index (χ4n) is 2.60. The quantitative estimate of drug-likeness (QED) is 0.906. The van der Waals surface area contributed by atoms with E-state index in [1.165, 1.54) is 11.1 Å². The molecule has 1 aromatic rings. The van der Waals surface area contributed by atoms with Crippen molar-refractivity contribution in [2.24, 2.45) is 0 Å². The normalized spacial score (nSPS) is 22.5. The fraction of sp³-hybridized carbons (Fsp3) is 0.533. The number of anilines is 1.